The summed E-state index contributed by atoms with van der Waals surface area (Å²) in [5.74, 6) is 0.364. The minimum Gasteiger partial charge on any atom is -0.432 e. The van der Waals surface area contributed by atoms with Crippen LogP contribution in [0.1, 0.15) is 40.3 Å². The molecule has 46 heavy (non-hydrogen) atoms. The molecule has 2 aromatic heterocycles. The first-order chi connectivity index (χ1) is 21.6. The molecule has 5 atom stereocenters. The summed E-state index contributed by atoms with van der Waals surface area (Å²) in [5.41, 5.74) is 0.151. The topological polar surface area (TPSA) is 252 Å². The molecule has 0 unspecified atom stereocenters. The van der Waals surface area contributed by atoms with Crippen molar-refractivity contribution >= 4 is 48.4 Å². The number of aromatic nitrogens is 4. The molecule has 19 nitrogen and oxygen atoms in total. The molecular formula is C25H37ClN5O14P. The minimum absolute atomic E-state index is 0.0316. The highest BCUT2D eigenvalue weighted by atomic mass is 35.5. The zero-order valence-electron chi connectivity index (χ0n) is 25.3. The number of nitrogens with zero attached hydrogens (tertiary/aromatic N) is 4. The number of anilines is 1. The van der Waals surface area contributed by atoms with Gasteiger partial charge >= 0.3 is 19.9 Å². The lowest BCUT2D eigenvalue weighted by molar-refractivity contribution is -0.130. The quantitative estimate of drug-likeness (QED) is 0.112. The molecule has 2 aliphatic heterocycles. The molecule has 2 aliphatic rings. The third-order valence-corrected chi connectivity index (χ3v) is 8.44. The fraction of sp³-hybridized carbons (Fsp3) is 0.720. The fourth-order valence-corrected chi connectivity index (χ4v) is 5.39. The number of aliphatic hydroxyl groups excluding tert-OH is 2. The lowest BCUT2D eigenvalue weighted by Crippen LogP contribution is -2.47. The lowest BCUT2D eigenvalue weighted by atomic mass is 10.1. The van der Waals surface area contributed by atoms with E-state index < -0.39 is 81.8 Å². The monoisotopic (exact) mass is 697 g/mol. The molecule has 0 aliphatic carbocycles. The molecule has 4 rings (SSSR count). The molecule has 2 saturated heterocycles. The third kappa shape index (κ3) is 8.53. The standard InChI is InChI=1S/C25H37ClN5O14P/c1-12(2)43-23(34)40-10-25(46(36,37)38,11-41-24(35)44-13(3)4)42-9-16-17(32)18(33)21(45-16)31-20-15(7-27-31)19(29-22(26)30-20)28-14-5-6-39-8-14/h7,12-14,16-18,21,32-33H,5-6,8-11H2,1-4H3,(H,28,29,30)(H2,36,37,38)/t14-,16+,17+,18+,21+/m0/s1. The number of hydrogen-bond donors (Lipinski definition) is 5. The summed E-state index contributed by atoms with van der Waals surface area (Å²) in [6.45, 7) is 4.02. The van der Waals surface area contributed by atoms with Crippen molar-refractivity contribution in [1.29, 1.82) is 0 Å². The van der Waals surface area contributed by atoms with E-state index in [-0.39, 0.29) is 17.0 Å². The highest BCUT2D eigenvalue weighted by molar-refractivity contribution is 7.53. The van der Waals surface area contributed by atoms with E-state index in [0.29, 0.717) is 24.4 Å². The summed E-state index contributed by atoms with van der Waals surface area (Å²) in [6.07, 6.45) is -7.78. The van der Waals surface area contributed by atoms with E-state index in [1.54, 1.807) is 0 Å². The zero-order chi connectivity index (χ0) is 33.8. The van der Waals surface area contributed by atoms with Crippen LogP contribution in [-0.2, 0) is 37.7 Å². The van der Waals surface area contributed by atoms with Gasteiger partial charge in [0, 0.05) is 6.61 Å². The zero-order valence-corrected chi connectivity index (χ0v) is 27.0. The van der Waals surface area contributed by atoms with Crippen molar-refractivity contribution in [3.05, 3.63) is 11.5 Å². The summed E-state index contributed by atoms with van der Waals surface area (Å²) < 4.78 is 50.2. The summed E-state index contributed by atoms with van der Waals surface area (Å²) in [7, 11) is -5.45. The summed E-state index contributed by atoms with van der Waals surface area (Å²) in [6, 6.07) is -0.0316. The number of nitrogens with one attached hydrogen (secondary N) is 1. The van der Waals surface area contributed by atoms with Crippen LogP contribution in [0.25, 0.3) is 11.0 Å². The Kier molecular flexibility index (Phi) is 11.7. The van der Waals surface area contributed by atoms with Gasteiger partial charge in [-0.05, 0) is 45.7 Å². The Morgan fingerprint density at radius 3 is 2.28 bits per heavy atom. The normalized spacial score (nSPS) is 23.7. The smallest absolute Gasteiger partial charge is 0.432 e. The van der Waals surface area contributed by atoms with E-state index in [0.717, 1.165) is 6.42 Å². The third-order valence-electron chi connectivity index (χ3n) is 6.82. The first-order valence-corrected chi connectivity index (χ1v) is 16.2. The molecule has 0 aromatic carbocycles. The predicted molar refractivity (Wildman–Crippen MR) is 155 cm³/mol. The van der Waals surface area contributed by atoms with Gasteiger partial charge in [0.2, 0.25) is 10.6 Å². The van der Waals surface area contributed by atoms with Crippen LogP contribution in [0.2, 0.25) is 5.28 Å². The molecule has 0 radical (unpaired) electrons. The van der Waals surface area contributed by atoms with Gasteiger partial charge < -0.3 is 58.5 Å². The number of hydrogen-bond acceptors (Lipinski definition) is 16. The Balaban J connectivity index is 1.55. The molecule has 0 amide bonds. The number of halogens is 1. The first-order valence-electron chi connectivity index (χ1n) is 14.2. The Bertz CT molecular complexity index is 1390. The number of rotatable bonds is 13. The number of carbonyl (C=O) groups excluding carboxylic acids is 2. The van der Waals surface area contributed by atoms with E-state index in [1.165, 1.54) is 38.6 Å². The Morgan fingerprint density at radius 2 is 1.74 bits per heavy atom. The highest BCUT2D eigenvalue weighted by Gasteiger charge is 2.54. The van der Waals surface area contributed by atoms with Crippen LogP contribution in [0.3, 0.4) is 0 Å². The van der Waals surface area contributed by atoms with Gasteiger partial charge in [-0.2, -0.15) is 15.1 Å². The summed E-state index contributed by atoms with van der Waals surface area (Å²) in [4.78, 5) is 53.2. The predicted octanol–water partition coefficient (Wildman–Crippen LogP) is 1.31. The molecule has 2 aromatic rings. The molecule has 0 bridgehead atoms. The van der Waals surface area contributed by atoms with Crippen molar-refractivity contribution in [1.82, 2.24) is 19.7 Å². The second-order valence-electron chi connectivity index (χ2n) is 11.1. The van der Waals surface area contributed by atoms with Crippen molar-refractivity contribution in [3.63, 3.8) is 0 Å². The molecule has 0 saturated carbocycles. The van der Waals surface area contributed by atoms with E-state index in [1.807, 2.05) is 0 Å². The maximum Gasteiger partial charge on any atom is 0.508 e. The van der Waals surface area contributed by atoms with Crippen LogP contribution in [-0.4, -0.2) is 127 Å². The van der Waals surface area contributed by atoms with E-state index >= 15 is 0 Å². The summed E-state index contributed by atoms with van der Waals surface area (Å²) in [5, 5.41) is 26.7. The van der Waals surface area contributed by atoms with Crippen molar-refractivity contribution in [3.8, 4) is 0 Å². The van der Waals surface area contributed by atoms with Crippen molar-refractivity contribution < 1.29 is 67.3 Å². The summed E-state index contributed by atoms with van der Waals surface area (Å²) >= 11 is 6.17. The van der Waals surface area contributed by atoms with Crippen molar-refractivity contribution in [2.45, 2.75) is 82.2 Å². The first kappa shape index (κ1) is 36.0. The highest BCUT2D eigenvalue weighted by Crippen LogP contribution is 2.52. The molecular weight excluding hydrogens is 661 g/mol. The van der Waals surface area contributed by atoms with Gasteiger partial charge in [0.15, 0.2) is 11.9 Å². The average Bonchev–Trinajstić information content (AvgIpc) is 3.68. The van der Waals surface area contributed by atoms with E-state index in [9.17, 15) is 34.2 Å². The maximum atomic E-state index is 12.8. The fourth-order valence-electron chi connectivity index (χ4n) is 4.52. The Hall–Kier alpha value is -2.87. The van der Waals surface area contributed by atoms with Gasteiger partial charge in [-0.25, -0.2) is 14.3 Å². The molecule has 4 heterocycles. The van der Waals surface area contributed by atoms with E-state index in [2.05, 4.69) is 20.4 Å². The van der Waals surface area contributed by atoms with Gasteiger partial charge in [-0.15, -0.1) is 0 Å². The van der Waals surface area contributed by atoms with Crippen LogP contribution in [0.5, 0.6) is 0 Å². The van der Waals surface area contributed by atoms with Crippen LogP contribution in [0, 0.1) is 0 Å². The number of ether oxygens (including phenoxy) is 7. The second-order valence-corrected chi connectivity index (χ2v) is 13.4. The van der Waals surface area contributed by atoms with Crippen LogP contribution >= 0.6 is 19.2 Å². The van der Waals surface area contributed by atoms with Crippen LogP contribution in [0.15, 0.2) is 6.20 Å². The van der Waals surface area contributed by atoms with Crippen LogP contribution in [0.4, 0.5) is 15.4 Å². The number of aliphatic hydroxyl groups is 2. The second kappa shape index (κ2) is 14.9. The molecule has 258 valence electrons. The molecule has 0 spiro atoms. The van der Waals surface area contributed by atoms with Crippen molar-refractivity contribution in [2.24, 2.45) is 0 Å². The van der Waals surface area contributed by atoms with Crippen molar-refractivity contribution in [2.75, 3.05) is 38.4 Å². The lowest BCUT2D eigenvalue weighted by Gasteiger charge is -2.33. The van der Waals surface area contributed by atoms with Gasteiger partial charge in [-0.1, -0.05) is 0 Å². The van der Waals surface area contributed by atoms with Gasteiger partial charge in [0.05, 0.1) is 43.0 Å². The maximum absolute atomic E-state index is 12.8. The molecule has 2 fully saturated rings. The minimum atomic E-state index is -5.45. The number of carbonyl (C=O) groups is 2. The number of fused-ring (bicyclic) bond motifs is 1. The van der Waals surface area contributed by atoms with Gasteiger partial charge in [-0.3, -0.25) is 4.57 Å². The molecule has 21 heteroatoms. The van der Waals surface area contributed by atoms with Gasteiger partial charge in [0.25, 0.3) is 0 Å². The van der Waals surface area contributed by atoms with E-state index in [4.69, 9.17) is 44.8 Å². The SMILES string of the molecule is CC(C)OC(=O)OCC(COC(=O)OC(C)C)(OC[C@H]1O[C@@H](n2ncc3c(N[C@H]4CCOC4)nc(Cl)nc32)[C@H](O)[C@@H]1O)P(=O)(O)O. The molecule has 5 N–H and O–H groups in total. The van der Waals surface area contributed by atoms with Gasteiger partial charge in [0.1, 0.15) is 37.3 Å². The Labute approximate surface area is 267 Å². The average molecular weight is 698 g/mol. The Morgan fingerprint density at radius 1 is 1.11 bits per heavy atom. The van der Waals surface area contributed by atoms with Crippen LogP contribution < -0.4 is 5.32 Å². The largest absolute Gasteiger partial charge is 0.508 e.